The number of aliphatic hydroxyl groups excluding tert-OH is 2. The minimum absolute atomic E-state index is 0.205. The van der Waals surface area contributed by atoms with Crippen molar-refractivity contribution in [3.8, 4) is 0 Å². The molecular weight excluding hydrogens is 356 g/mol. The van der Waals surface area contributed by atoms with Gasteiger partial charge in [0, 0.05) is 23.9 Å². The van der Waals surface area contributed by atoms with E-state index in [0.717, 1.165) is 64.2 Å². The fourth-order valence-corrected chi connectivity index (χ4v) is 4.19. The van der Waals surface area contributed by atoms with Gasteiger partial charge < -0.3 is 20.8 Å². The van der Waals surface area contributed by atoms with Gasteiger partial charge in [0.05, 0.1) is 12.2 Å². The fraction of sp³-hybridized carbons (Fsp3) is 0.909. The molecule has 6 heteroatoms. The van der Waals surface area contributed by atoms with Crippen LogP contribution in [0.4, 0.5) is 0 Å². The van der Waals surface area contributed by atoms with E-state index in [1.807, 2.05) is 0 Å². The standard InChI is InChI=1S/2C11H19NO2/c2*1-7-2-5-9(6-10(7)13)12-11(14)8-3-4-8/h2*7-10,13H,2-6H2,1H3,(H,12,14)/t2*7-,9-,10-/m10/s1. The highest BCUT2D eigenvalue weighted by atomic mass is 16.3. The molecule has 4 rings (SSSR count). The summed E-state index contributed by atoms with van der Waals surface area (Å²) in [5.74, 6) is 1.76. The minimum atomic E-state index is -0.228. The normalized spacial score (nSPS) is 38.0. The molecule has 6 nitrogen and oxygen atoms in total. The van der Waals surface area contributed by atoms with E-state index < -0.39 is 0 Å². The van der Waals surface area contributed by atoms with Gasteiger partial charge >= 0.3 is 0 Å². The van der Waals surface area contributed by atoms with Crippen molar-refractivity contribution in [1.82, 2.24) is 10.6 Å². The van der Waals surface area contributed by atoms with E-state index in [0.29, 0.717) is 11.8 Å². The molecule has 0 aromatic heterocycles. The van der Waals surface area contributed by atoms with Gasteiger partial charge in [0.25, 0.3) is 0 Å². The van der Waals surface area contributed by atoms with E-state index in [9.17, 15) is 19.8 Å². The summed E-state index contributed by atoms with van der Waals surface area (Å²) in [6, 6.07) is 0.434. The Morgan fingerprint density at radius 2 is 1.00 bits per heavy atom. The van der Waals surface area contributed by atoms with E-state index in [1.165, 1.54) is 0 Å². The van der Waals surface area contributed by atoms with Gasteiger partial charge in [-0.2, -0.15) is 0 Å². The Labute approximate surface area is 168 Å². The van der Waals surface area contributed by atoms with Gasteiger partial charge in [-0.05, 0) is 76.0 Å². The molecule has 0 saturated heterocycles. The maximum Gasteiger partial charge on any atom is 0.223 e. The molecule has 4 aliphatic rings. The maximum atomic E-state index is 11.5. The third-order valence-electron chi connectivity index (χ3n) is 6.90. The van der Waals surface area contributed by atoms with E-state index in [1.54, 1.807) is 0 Å². The molecule has 0 heterocycles. The number of aliphatic hydroxyl groups is 2. The zero-order valence-electron chi connectivity index (χ0n) is 17.4. The topological polar surface area (TPSA) is 98.7 Å². The summed E-state index contributed by atoms with van der Waals surface area (Å²) < 4.78 is 0. The van der Waals surface area contributed by atoms with Crippen molar-refractivity contribution in [3.05, 3.63) is 0 Å². The molecule has 4 saturated carbocycles. The van der Waals surface area contributed by atoms with Crippen LogP contribution >= 0.6 is 0 Å². The molecule has 0 spiro atoms. The van der Waals surface area contributed by atoms with Crippen LogP contribution in [0.15, 0.2) is 0 Å². The van der Waals surface area contributed by atoms with Crippen LogP contribution in [-0.4, -0.2) is 46.3 Å². The van der Waals surface area contributed by atoms with Gasteiger partial charge in [-0.3, -0.25) is 9.59 Å². The summed E-state index contributed by atoms with van der Waals surface area (Å²) in [4.78, 5) is 22.9. The molecule has 6 atom stereocenters. The van der Waals surface area contributed by atoms with Gasteiger partial charge in [0.1, 0.15) is 0 Å². The van der Waals surface area contributed by atoms with Crippen LogP contribution in [0.2, 0.25) is 0 Å². The highest BCUT2D eigenvalue weighted by molar-refractivity contribution is 5.81. The van der Waals surface area contributed by atoms with Crippen LogP contribution in [0.5, 0.6) is 0 Å². The first kappa shape index (κ1) is 21.6. The van der Waals surface area contributed by atoms with Crippen molar-refractivity contribution in [3.63, 3.8) is 0 Å². The van der Waals surface area contributed by atoms with Crippen LogP contribution < -0.4 is 10.6 Å². The molecule has 4 fully saturated rings. The predicted octanol–water partition coefficient (Wildman–Crippen LogP) is 2.12. The van der Waals surface area contributed by atoms with Crippen molar-refractivity contribution in [1.29, 1.82) is 0 Å². The van der Waals surface area contributed by atoms with E-state index in [-0.39, 0.29) is 47.9 Å². The van der Waals surface area contributed by atoms with Crippen molar-refractivity contribution in [2.75, 3.05) is 0 Å². The first-order valence-corrected chi connectivity index (χ1v) is 11.3. The van der Waals surface area contributed by atoms with Crippen molar-refractivity contribution >= 4 is 11.8 Å². The average Bonchev–Trinajstić information content (AvgIpc) is 3.54. The van der Waals surface area contributed by atoms with Crippen LogP contribution in [-0.2, 0) is 9.59 Å². The molecule has 160 valence electrons. The SMILES string of the molecule is C[C@@H]1CC[C@@H](NC(=O)C2CC2)C[C@H]1O.C[C@H]1CC[C@H](NC(=O)C2CC2)C[C@@H]1O. The number of carbonyl (C=O) groups is 2. The monoisotopic (exact) mass is 394 g/mol. The van der Waals surface area contributed by atoms with Gasteiger partial charge in [-0.1, -0.05) is 13.8 Å². The molecule has 0 radical (unpaired) electrons. The van der Waals surface area contributed by atoms with Gasteiger partial charge in [-0.25, -0.2) is 0 Å². The first-order valence-electron chi connectivity index (χ1n) is 11.3. The van der Waals surface area contributed by atoms with Crippen molar-refractivity contribution in [2.24, 2.45) is 23.7 Å². The molecular formula is C22H38N2O4. The smallest absolute Gasteiger partial charge is 0.223 e. The summed E-state index contributed by atoms with van der Waals surface area (Å²) >= 11 is 0. The second-order valence-electron chi connectivity index (χ2n) is 9.67. The Morgan fingerprint density at radius 1 is 0.643 bits per heavy atom. The lowest BCUT2D eigenvalue weighted by Crippen LogP contribution is -2.42. The molecule has 0 aliphatic heterocycles. The van der Waals surface area contributed by atoms with Crippen LogP contribution in [0.3, 0.4) is 0 Å². The zero-order valence-corrected chi connectivity index (χ0v) is 17.4. The summed E-state index contributed by atoms with van der Waals surface area (Å²) in [5.41, 5.74) is 0. The molecule has 0 unspecified atom stereocenters. The summed E-state index contributed by atoms with van der Waals surface area (Å²) in [6.07, 6.45) is 9.33. The molecule has 4 aliphatic carbocycles. The number of amides is 2. The molecule has 4 N–H and O–H groups in total. The van der Waals surface area contributed by atoms with E-state index in [4.69, 9.17) is 0 Å². The van der Waals surface area contributed by atoms with Crippen molar-refractivity contribution in [2.45, 2.75) is 102 Å². The van der Waals surface area contributed by atoms with Crippen molar-refractivity contribution < 1.29 is 19.8 Å². The largest absolute Gasteiger partial charge is 0.393 e. The number of hydrogen-bond donors (Lipinski definition) is 4. The second-order valence-corrected chi connectivity index (χ2v) is 9.67. The second kappa shape index (κ2) is 9.57. The molecule has 0 aromatic rings. The van der Waals surface area contributed by atoms with E-state index in [2.05, 4.69) is 24.5 Å². The summed E-state index contributed by atoms with van der Waals surface area (Å²) in [7, 11) is 0. The summed E-state index contributed by atoms with van der Waals surface area (Å²) in [5, 5.41) is 25.4. The predicted molar refractivity (Wildman–Crippen MR) is 107 cm³/mol. The number of nitrogens with one attached hydrogen (secondary N) is 2. The Bertz CT molecular complexity index is 499. The molecule has 0 bridgehead atoms. The highest BCUT2D eigenvalue weighted by Gasteiger charge is 2.34. The fourth-order valence-electron chi connectivity index (χ4n) is 4.19. The number of carbonyl (C=O) groups excluding carboxylic acids is 2. The van der Waals surface area contributed by atoms with Crippen LogP contribution in [0, 0.1) is 23.7 Å². The summed E-state index contributed by atoms with van der Waals surface area (Å²) in [6.45, 7) is 4.15. The Balaban J connectivity index is 0.000000161. The lowest BCUT2D eigenvalue weighted by atomic mass is 9.85. The molecule has 28 heavy (non-hydrogen) atoms. The van der Waals surface area contributed by atoms with Crippen LogP contribution in [0.25, 0.3) is 0 Å². The third-order valence-corrected chi connectivity index (χ3v) is 6.90. The molecule has 2 amide bonds. The lowest BCUT2D eigenvalue weighted by molar-refractivity contribution is -0.124. The maximum absolute atomic E-state index is 11.5. The van der Waals surface area contributed by atoms with Crippen LogP contribution in [0.1, 0.15) is 78.1 Å². The number of rotatable bonds is 4. The highest BCUT2D eigenvalue weighted by Crippen LogP contribution is 2.31. The lowest BCUT2D eigenvalue weighted by Gasteiger charge is -2.31. The Morgan fingerprint density at radius 3 is 1.29 bits per heavy atom. The van der Waals surface area contributed by atoms with Gasteiger partial charge in [0.15, 0.2) is 0 Å². The number of hydrogen-bond acceptors (Lipinski definition) is 4. The average molecular weight is 395 g/mol. The van der Waals surface area contributed by atoms with E-state index >= 15 is 0 Å². The molecule has 0 aromatic carbocycles. The first-order chi connectivity index (χ1) is 13.3. The Kier molecular flexibility index (Phi) is 7.37. The van der Waals surface area contributed by atoms with Gasteiger partial charge in [-0.15, -0.1) is 0 Å². The third kappa shape index (κ3) is 6.45. The Hall–Kier alpha value is -1.14. The van der Waals surface area contributed by atoms with Gasteiger partial charge in [0.2, 0.25) is 11.8 Å². The quantitative estimate of drug-likeness (QED) is 0.587. The zero-order chi connectivity index (χ0) is 20.3. The minimum Gasteiger partial charge on any atom is -0.393 e.